The molecule has 0 unspecified atom stereocenters. The van der Waals surface area contributed by atoms with Gasteiger partial charge >= 0.3 is 0 Å². The lowest BCUT2D eigenvalue weighted by Gasteiger charge is -2.26. The molecule has 0 amide bonds. The largest absolute Gasteiger partial charge is 0.269 e. The molecule has 4 atom stereocenters. The number of non-ortho nitro benzene ring substituents is 1. The smallest absolute Gasteiger partial charge is 0.258 e. The van der Waals surface area contributed by atoms with Gasteiger partial charge in [0.2, 0.25) is 0 Å². The Balaban J connectivity index is 1.71. The summed E-state index contributed by atoms with van der Waals surface area (Å²) in [6.07, 6.45) is 4.16. The van der Waals surface area contributed by atoms with Gasteiger partial charge in [0.05, 0.1) is 4.92 Å². The molecule has 0 N–H and O–H groups in total. The molecule has 2 saturated carbocycles. The van der Waals surface area contributed by atoms with Crippen LogP contribution in [0.15, 0.2) is 29.2 Å². The van der Waals surface area contributed by atoms with Crippen LogP contribution in [0, 0.1) is 22.0 Å². The molecule has 5 heteroatoms. The van der Waals surface area contributed by atoms with Crippen LogP contribution in [-0.2, 0) is 0 Å². The topological polar surface area (TPSA) is 43.1 Å². The summed E-state index contributed by atoms with van der Waals surface area (Å²) in [7, 11) is 0. The van der Waals surface area contributed by atoms with Crippen LogP contribution < -0.4 is 0 Å². The predicted octanol–water partition coefficient (Wildman–Crippen LogP) is 4.29. The van der Waals surface area contributed by atoms with E-state index >= 15 is 0 Å². The van der Waals surface area contributed by atoms with Crippen LogP contribution in [-0.4, -0.2) is 14.1 Å². The van der Waals surface area contributed by atoms with Crippen molar-refractivity contribution in [3.8, 4) is 0 Å². The molecule has 2 bridgehead atoms. The summed E-state index contributed by atoms with van der Waals surface area (Å²) >= 11 is 4.51. The summed E-state index contributed by atoms with van der Waals surface area (Å²) in [5, 5.41) is 11.3. The SMILES string of the molecule is O=[N+]([O-])c1ccc(S[C@@H]2[C@H]3CC[C@H](C3)[C@H]2I)cc1. The molecule has 0 radical (unpaired) electrons. The zero-order valence-corrected chi connectivity index (χ0v) is 12.8. The van der Waals surface area contributed by atoms with E-state index in [0.29, 0.717) is 5.25 Å². The van der Waals surface area contributed by atoms with Crippen LogP contribution in [0.3, 0.4) is 0 Å². The standard InChI is InChI=1S/C13H14INO2S/c14-12-8-1-2-9(7-8)13(12)18-11-5-3-10(4-6-11)15(16)17/h3-6,8-9,12-13H,1-2,7H2/t8-,9+,12-,13-/m1/s1. The first kappa shape index (κ1) is 12.7. The maximum atomic E-state index is 10.6. The number of hydrogen-bond acceptors (Lipinski definition) is 3. The van der Waals surface area contributed by atoms with E-state index in [1.807, 2.05) is 23.9 Å². The molecule has 96 valence electrons. The second-order valence-electron chi connectivity index (χ2n) is 5.11. The normalized spacial score (nSPS) is 33.8. The highest BCUT2D eigenvalue weighted by Crippen LogP contribution is 2.54. The molecule has 0 aliphatic heterocycles. The maximum Gasteiger partial charge on any atom is 0.269 e. The van der Waals surface area contributed by atoms with Gasteiger partial charge in [0.25, 0.3) is 5.69 Å². The number of hydrogen-bond donors (Lipinski definition) is 0. The molecule has 0 saturated heterocycles. The summed E-state index contributed by atoms with van der Waals surface area (Å²) in [6.45, 7) is 0. The van der Waals surface area contributed by atoms with Gasteiger partial charge in [-0.1, -0.05) is 22.6 Å². The second-order valence-corrected chi connectivity index (χ2v) is 7.80. The quantitative estimate of drug-likeness (QED) is 0.343. The van der Waals surface area contributed by atoms with Crippen molar-refractivity contribution in [3.63, 3.8) is 0 Å². The van der Waals surface area contributed by atoms with Gasteiger partial charge in [-0.25, -0.2) is 0 Å². The van der Waals surface area contributed by atoms with Crippen molar-refractivity contribution in [1.29, 1.82) is 0 Å². The van der Waals surface area contributed by atoms with Gasteiger partial charge < -0.3 is 0 Å². The molecule has 1 aromatic rings. The van der Waals surface area contributed by atoms with Gasteiger partial charge in [0.15, 0.2) is 0 Å². The van der Waals surface area contributed by atoms with E-state index in [1.54, 1.807) is 12.1 Å². The zero-order valence-electron chi connectivity index (χ0n) is 9.79. The molecule has 2 fully saturated rings. The van der Waals surface area contributed by atoms with E-state index in [4.69, 9.17) is 0 Å². The fourth-order valence-electron chi connectivity index (χ4n) is 3.13. The van der Waals surface area contributed by atoms with Crippen LogP contribution >= 0.6 is 34.4 Å². The van der Waals surface area contributed by atoms with Crippen molar-refractivity contribution in [2.75, 3.05) is 0 Å². The van der Waals surface area contributed by atoms with Crippen molar-refractivity contribution in [2.45, 2.75) is 33.3 Å². The highest BCUT2D eigenvalue weighted by Gasteiger charge is 2.46. The summed E-state index contributed by atoms with van der Waals surface area (Å²) < 4.78 is 0.765. The van der Waals surface area contributed by atoms with Gasteiger partial charge in [0.1, 0.15) is 0 Å². The monoisotopic (exact) mass is 375 g/mol. The number of nitrogens with zero attached hydrogens (tertiary/aromatic N) is 1. The Morgan fingerprint density at radius 3 is 2.44 bits per heavy atom. The molecule has 18 heavy (non-hydrogen) atoms. The van der Waals surface area contributed by atoms with E-state index in [2.05, 4.69) is 22.6 Å². The van der Waals surface area contributed by atoms with Gasteiger partial charge in [0, 0.05) is 26.2 Å². The van der Waals surface area contributed by atoms with Crippen LogP contribution in [0.2, 0.25) is 0 Å². The average Bonchev–Trinajstić information content (AvgIpc) is 2.94. The number of nitro groups is 1. The third kappa shape index (κ3) is 2.27. The first-order valence-electron chi connectivity index (χ1n) is 6.20. The third-order valence-electron chi connectivity index (χ3n) is 4.06. The van der Waals surface area contributed by atoms with Crippen LogP contribution in [0.25, 0.3) is 0 Å². The molecule has 1 aromatic carbocycles. The van der Waals surface area contributed by atoms with Crippen molar-refractivity contribution in [2.24, 2.45) is 11.8 Å². The molecule has 2 aliphatic carbocycles. The van der Waals surface area contributed by atoms with Crippen molar-refractivity contribution >= 4 is 40.0 Å². The molecule has 2 aliphatic rings. The Kier molecular flexibility index (Phi) is 3.53. The summed E-state index contributed by atoms with van der Waals surface area (Å²) in [4.78, 5) is 11.4. The molecule has 0 spiro atoms. The molecule has 3 rings (SSSR count). The van der Waals surface area contributed by atoms with E-state index in [0.717, 1.165) is 15.8 Å². The Bertz CT molecular complexity index is 463. The number of alkyl halides is 1. The van der Waals surface area contributed by atoms with Crippen LogP contribution in [0.1, 0.15) is 19.3 Å². The molecule has 3 nitrogen and oxygen atoms in total. The lowest BCUT2D eigenvalue weighted by Crippen LogP contribution is -2.24. The second kappa shape index (κ2) is 5.00. The van der Waals surface area contributed by atoms with Gasteiger partial charge in [-0.2, -0.15) is 0 Å². The number of nitro benzene ring substituents is 1. The van der Waals surface area contributed by atoms with Crippen molar-refractivity contribution in [3.05, 3.63) is 34.4 Å². The first-order chi connectivity index (χ1) is 8.65. The Morgan fingerprint density at radius 2 is 1.89 bits per heavy atom. The molecular weight excluding hydrogens is 361 g/mol. The van der Waals surface area contributed by atoms with Gasteiger partial charge in [-0.05, 0) is 43.2 Å². The minimum atomic E-state index is -0.340. The fraction of sp³-hybridized carbons (Fsp3) is 0.538. The number of fused-ring (bicyclic) bond motifs is 2. The Morgan fingerprint density at radius 1 is 1.22 bits per heavy atom. The summed E-state index contributed by atoms with van der Waals surface area (Å²) in [5.74, 6) is 1.77. The van der Waals surface area contributed by atoms with Crippen LogP contribution in [0.4, 0.5) is 5.69 Å². The predicted molar refractivity (Wildman–Crippen MR) is 81.4 cm³/mol. The van der Waals surface area contributed by atoms with E-state index in [9.17, 15) is 10.1 Å². The lowest BCUT2D eigenvalue weighted by molar-refractivity contribution is -0.384. The average molecular weight is 375 g/mol. The number of halogens is 1. The fourth-order valence-corrected chi connectivity index (χ4v) is 6.21. The van der Waals surface area contributed by atoms with Crippen molar-refractivity contribution in [1.82, 2.24) is 0 Å². The lowest BCUT2D eigenvalue weighted by atomic mass is 10.0. The summed E-state index contributed by atoms with van der Waals surface area (Å²) in [5.41, 5.74) is 0.179. The van der Waals surface area contributed by atoms with Gasteiger partial charge in [-0.15, -0.1) is 11.8 Å². The van der Waals surface area contributed by atoms with E-state index < -0.39 is 0 Å². The minimum Gasteiger partial charge on any atom is -0.258 e. The third-order valence-corrected chi connectivity index (χ3v) is 7.84. The number of benzene rings is 1. The molecule has 0 aromatic heterocycles. The minimum absolute atomic E-state index is 0.179. The number of rotatable bonds is 3. The first-order valence-corrected chi connectivity index (χ1v) is 8.33. The highest BCUT2D eigenvalue weighted by molar-refractivity contribution is 14.1. The maximum absolute atomic E-state index is 10.6. The Hall–Kier alpha value is -0.300. The van der Waals surface area contributed by atoms with Crippen molar-refractivity contribution < 1.29 is 4.92 Å². The van der Waals surface area contributed by atoms with Crippen LogP contribution in [0.5, 0.6) is 0 Å². The molecular formula is C13H14INO2S. The molecule has 0 heterocycles. The van der Waals surface area contributed by atoms with Gasteiger partial charge in [-0.3, -0.25) is 10.1 Å². The van der Waals surface area contributed by atoms with E-state index in [1.165, 1.54) is 24.2 Å². The van der Waals surface area contributed by atoms with E-state index in [-0.39, 0.29) is 10.6 Å². The zero-order chi connectivity index (χ0) is 12.7. The highest BCUT2D eigenvalue weighted by atomic mass is 127. The Labute approximate surface area is 124 Å². The number of thioether (sulfide) groups is 1. The summed E-state index contributed by atoms with van der Waals surface area (Å²) in [6, 6.07) is 6.99.